The van der Waals surface area contributed by atoms with Crippen LogP contribution in [-0.4, -0.2) is 22.6 Å². The van der Waals surface area contributed by atoms with Crippen molar-refractivity contribution < 1.29 is 4.79 Å². The molecule has 4 N–H and O–H groups in total. The number of amides is 1. The predicted molar refractivity (Wildman–Crippen MR) is 74.8 cm³/mol. The number of nitrogens with two attached hydrogens (primary N) is 1. The summed E-state index contributed by atoms with van der Waals surface area (Å²) in [6.45, 7) is 2.79. The van der Waals surface area contributed by atoms with Crippen molar-refractivity contribution in [1.29, 1.82) is 0 Å². The lowest BCUT2D eigenvalue weighted by Gasteiger charge is -2.14. The van der Waals surface area contributed by atoms with E-state index >= 15 is 0 Å². The van der Waals surface area contributed by atoms with Gasteiger partial charge in [0.05, 0.1) is 0 Å². The summed E-state index contributed by atoms with van der Waals surface area (Å²) in [5.74, 6) is 0.789. The van der Waals surface area contributed by atoms with Gasteiger partial charge in [0.1, 0.15) is 0 Å². The molecule has 0 saturated carbocycles. The zero-order valence-corrected chi connectivity index (χ0v) is 11.3. The molecule has 1 atom stereocenters. The fourth-order valence-corrected chi connectivity index (χ4v) is 2.03. The summed E-state index contributed by atoms with van der Waals surface area (Å²) in [4.78, 5) is 22.6. The maximum Gasteiger partial charge on any atom is 0.264 e. The van der Waals surface area contributed by atoms with Crippen LogP contribution in [0, 0.1) is 5.92 Å². The summed E-state index contributed by atoms with van der Waals surface area (Å²) in [6, 6.07) is 2.82. The molecule has 1 rings (SSSR count). The average molecular weight is 266 g/mol. The largest absolute Gasteiger partial charge is 0.330 e. The molecular weight excluding hydrogens is 244 g/mol. The van der Waals surface area contributed by atoms with Crippen LogP contribution in [-0.2, 0) is 4.79 Å². The second-order valence-electron chi connectivity index (χ2n) is 4.63. The smallest absolute Gasteiger partial charge is 0.264 e. The molecule has 106 valence electrons. The molecule has 1 amide bonds. The number of nitrogens with one attached hydrogen (secondary N) is 2. The molecular formula is C13H22N4O2. The average Bonchev–Trinajstić information content (AvgIpc) is 2.39. The standard InChI is InChI=1S/C13H22N4O2/c1-2-3-10(8-9-14)4-6-12(18)15-11-5-7-13(19)17-16-11/h5,7,10H,2-4,6,8-9,14H2,1H3,(H,17,19)(H,15,16,18). The Morgan fingerprint density at radius 3 is 2.79 bits per heavy atom. The van der Waals surface area contributed by atoms with Crippen LogP contribution >= 0.6 is 0 Å². The number of carbonyl (C=O) groups excluding carboxylic acids is 1. The highest BCUT2D eigenvalue weighted by Gasteiger charge is 2.10. The Hall–Kier alpha value is -1.69. The minimum absolute atomic E-state index is 0.0855. The molecule has 0 aliphatic carbocycles. The maximum atomic E-state index is 11.7. The van der Waals surface area contributed by atoms with Gasteiger partial charge in [-0.2, -0.15) is 5.10 Å². The molecule has 0 aliphatic rings. The molecule has 1 aromatic heterocycles. The number of hydrogen-bond acceptors (Lipinski definition) is 4. The van der Waals surface area contributed by atoms with Crippen molar-refractivity contribution in [3.05, 3.63) is 22.5 Å². The van der Waals surface area contributed by atoms with E-state index in [4.69, 9.17) is 5.73 Å². The second kappa shape index (κ2) is 8.42. The first kappa shape index (κ1) is 15.4. The molecule has 0 fully saturated rings. The van der Waals surface area contributed by atoms with Crippen molar-refractivity contribution in [3.8, 4) is 0 Å². The number of carbonyl (C=O) groups is 1. The van der Waals surface area contributed by atoms with E-state index in [-0.39, 0.29) is 11.5 Å². The number of rotatable bonds is 8. The zero-order valence-electron chi connectivity index (χ0n) is 11.3. The summed E-state index contributed by atoms with van der Waals surface area (Å²) < 4.78 is 0. The van der Waals surface area contributed by atoms with Crippen LogP contribution < -0.4 is 16.6 Å². The van der Waals surface area contributed by atoms with Crippen LogP contribution in [0.5, 0.6) is 0 Å². The Balaban J connectivity index is 2.37. The molecule has 0 aliphatic heterocycles. The van der Waals surface area contributed by atoms with Crippen molar-refractivity contribution in [2.45, 2.75) is 39.0 Å². The third-order valence-electron chi connectivity index (χ3n) is 3.00. The first-order valence-corrected chi connectivity index (χ1v) is 6.71. The molecule has 1 aromatic rings. The summed E-state index contributed by atoms with van der Waals surface area (Å²) >= 11 is 0. The number of aromatic amines is 1. The van der Waals surface area contributed by atoms with E-state index in [1.165, 1.54) is 12.1 Å². The molecule has 0 bridgehead atoms. The van der Waals surface area contributed by atoms with Crippen molar-refractivity contribution in [1.82, 2.24) is 10.2 Å². The third-order valence-corrected chi connectivity index (χ3v) is 3.00. The monoisotopic (exact) mass is 266 g/mol. The van der Waals surface area contributed by atoms with E-state index in [2.05, 4.69) is 22.4 Å². The van der Waals surface area contributed by atoms with E-state index in [1.54, 1.807) is 0 Å². The van der Waals surface area contributed by atoms with Crippen LogP contribution in [0.15, 0.2) is 16.9 Å². The fraction of sp³-hybridized carbons (Fsp3) is 0.615. The Bertz CT molecular complexity index is 418. The third kappa shape index (κ3) is 6.15. The van der Waals surface area contributed by atoms with E-state index in [0.717, 1.165) is 25.7 Å². The van der Waals surface area contributed by atoms with Gasteiger partial charge in [-0.1, -0.05) is 19.8 Å². The van der Waals surface area contributed by atoms with Gasteiger partial charge < -0.3 is 11.1 Å². The minimum Gasteiger partial charge on any atom is -0.330 e. The lowest BCUT2D eigenvalue weighted by atomic mass is 9.94. The number of hydrogen-bond donors (Lipinski definition) is 3. The van der Waals surface area contributed by atoms with Crippen molar-refractivity contribution >= 4 is 11.7 Å². The zero-order chi connectivity index (χ0) is 14.1. The van der Waals surface area contributed by atoms with Crippen molar-refractivity contribution in [2.24, 2.45) is 11.7 Å². The first-order chi connectivity index (χ1) is 9.15. The maximum absolute atomic E-state index is 11.7. The summed E-state index contributed by atoms with van der Waals surface area (Å²) in [5.41, 5.74) is 5.27. The fourth-order valence-electron chi connectivity index (χ4n) is 2.03. The van der Waals surface area contributed by atoms with E-state index in [0.29, 0.717) is 24.7 Å². The molecule has 1 unspecified atom stereocenters. The summed E-state index contributed by atoms with van der Waals surface area (Å²) in [6.07, 6.45) is 4.44. The van der Waals surface area contributed by atoms with Crippen LogP contribution in [0.25, 0.3) is 0 Å². The highest BCUT2D eigenvalue weighted by Crippen LogP contribution is 2.17. The highest BCUT2D eigenvalue weighted by molar-refractivity contribution is 5.89. The van der Waals surface area contributed by atoms with Gasteiger partial charge in [-0.05, 0) is 31.4 Å². The molecule has 0 saturated heterocycles. The molecule has 19 heavy (non-hydrogen) atoms. The lowest BCUT2D eigenvalue weighted by Crippen LogP contribution is -2.17. The molecule has 0 spiro atoms. The summed E-state index contributed by atoms with van der Waals surface area (Å²) in [7, 11) is 0. The van der Waals surface area contributed by atoms with Crippen molar-refractivity contribution in [3.63, 3.8) is 0 Å². The Morgan fingerprint density at radius 2 is 2.21 bits per heavy atom. The van der Waals surface area contributed by atoms with Gasteiger partial charge in [-0.3, -0.25) is 9.59 Å². The molecule has 6 nitrogen and oxygen atoms in total. The second-order valence-corrected chi connectivity index (χ2v) is 4.63. The predicted octanol–water partition coefficient (Wildman–Crippen LogP) is 1.25. The number of H-pyrrole nitrogens is 1. The van der Waals surface area contributed by atoms with Crippen LogP contribution in [0.3, 0.4) is 0 Å². The quantitative estimate of drug-likeness (QED) is 0.659. The van der Waals surface area contributed by atoms with Gasteiger partial charge in [0.25, 0.3) is 5.56 Å². The first-order valence-electron chi connectivity index (χ1n) is 6.71. The molecule has 0 aromatic carbocycles. The van der Waals surface area contributed by atoms with E-state index in [9.17, 15) is 9.59 Å². The van der Waals surface area contributed by atoms with Gasteiger partial charge in [0.2, 0.25) is 5.91 Å². The Labute approximate surface area is 112 Å². The minimum atomic E-state index is -0.288. The molecule has 0 radical (unpaired) electrons. The number of nitrogens with zero attached hydrogens (tertiary/aromatic N) is 1. The van der Waals surface area contributed by atoms with Gasteiger partial charge in [0, 0.05) is 12.5 Å². The number of aromatic nitrogens is 2. The van der Waals surface area contributed by atoms with Crippen LogP contribution in [0.2, 0.25) is 0 Å². The van der Waals surface area contributed by atoms with Crippen LogP contribution in [0.4, 0.5) is 5.82 Å². The van der Waals surface area contributed by atoms with Gasteiger partial charge in [0.15, 0.2) is 5.82 Å². The molecule has 6 heteroatoms. The Kier molecular flexibility index (Phi) is 6.81. The van der Waals surface area contributed by atoms with Crippen LogP contribution in [0.1, 0.15) is 39.0 Å². The SMILES string of the molecule is CCCC(CCN)CCC(=O)Nc1ccc(=O)[nH]n1. The van der Waals surface area contributed by atoms with Crippen molar-refractivity contribution in [2.75, 3.05) is 11.9 Å². The normalized spacial score (nSPS) is 12.1. The van der Waals surface area contributed by atoms with E-state index < -0.39 is 0 Å². The Morgan fingerprint density at radius 1 is 1.42 bits per heavy atom. The van der Waals surface area contributed by atoms with Gasteiger partial charge in [-0.25, -0.2) is 5.10 Å². The summed E-state index contributed by atoms with van der Waals surface area (Å²) in [5, 5.41) is 8.66. The van der Waals surface area contributed by atoms with E-state index in [1.807, 2.05) is 0 Å². The van der Waals surface area contributed by atoms with Gasteiger partial charge in [-0.15, -0.1) is 0 Å². The lowest BCUT2D eigenvalue weighted by molar-refractivity contribution is -0.116. The highest BCUT2D eigenvalue weighted by atomic mass is 16.1. The molecule has 1 heterocycles. The number of anilines is 1. The van der Waals surface area contributed by atoms with Gasteiger partial charge >= 0.3 is 0 Å². The topological polar surface area (TPSA) is 101 Å².